The Morgan fingerprint density at radius 2 is 1.79 bits per heavy atom. The lowest BCUT2D eigenvalue weighted by Gasteiger charge is -2.23. The normalized spacial score (nSPS) is 16.9. The Morgan fingerprint density at radius 1 is 1.21 bits per heavy atom. The third-order valence-corrected chi connectivity index (χ3v) is 4.80. The Bertz CT molecular complexity index is 1000. The van der Waals surface area contributed by atoms with E-state index in [4.69, 9.17) is 4.74 Å². The van der Waals surface area contributed by atoms with E-state index in [1.165, 1.54) is 0 Å². The molecular formula is C16H18F3NO8S. The summed E-state index contributed by atoms with van der Waals surface area (Å²) in [6.07, 6.45) is -0.101. The summed E-state index contributed by atoms with van der Waals surface area (Å²) in [6, 6.07) is -0.754. The van der Waals surface area contributed by atoms with Gasteiger partial charge < -0.3 is 13.7 Å². The van der Waals surface area contributed by atoms with Gasteiger partial charge in [0.1, 0.15) is 17.2 Å². The summed E-state index contributed by atoms with van der Waals surface area (Å²) < 4.78 is 75.3. The van der Waals surface area contributed by atoms with Gasteiger partial charge in [-0.25, -0.2) is 9.59 Å². The molecule has 0 radical (unpaired) electrons. The highest BCUT2D eigenvalue weighted by atomic mass is 32.2. The van der Waals surface area contributed by atoms with Gasteiger partial charge in [0.15, 0.2) is 5.75 Å². The van der Waals surface area contributed by atoms with Crippen molar-refractivity contribution in [2.45, 2.75) is 50.8 Å². The summed E-state index contributed by atoms with van der Waals surface area (Å²) in [7, 11) is -5.24. The summed E-state index contributed by atoms with van der Waals surface area (Å²) in [5, 5.41) is 0. The summed E-state index contributed by atoms with van der Waals surface area (Å²) in [6.45, 7) is 4.80. The van der Waals surface area contributed by atoms with E-state index in [-0.39, 0.29) is 18.5 Å². The number of pyridine rings is 1. The minimum absolute atomic E-state index is 0.00359. The van der Waals surface area contributed by atoms with Crippen LogP contribution in [0.2, 0.25) is 0 Å². The number of ether oxygens (including phenoxy) is 2. The molecule has 0 aromatic carbocycles. The lowest BCUT2D eigenvalue weighted by Crippen LogP contribution is -2.35. The average Bonchev–Trinajstić information content (AvgIpc) is 2.96. The fourth-order valence-electron chi connectivity index (χ4n) is 2.78. The molecule has 2 heterocycles. The highest BCUT2D eigenvalue weighted by Gasteiger charge is 2.49. The Labute approximate surface area is 163 Å². The molecule has 2 rings (SSSR count). The van der Waals surface area contributed by atoms with Gasteiger partial charge in [-0.05, 0) is 33.6 Å². The quantitative estimate of drug-likeness (QED) is 0.394. The second-order valence-corrected chi connectivity index (χ2v) is 8.64. The van der Waals surface area contributed by atoms with Crippen LogP contribution in [0.4, 0.5) is 13.2 Å². The first kappa shape index (κ1) is 22.7. The lowest BCUT2D eigenvalue weighted by atomic mass is 10.1. The number of halogens is 3. The van der Waals surface area contributed by atoms with Gasteiger partial charge in [-0.2, -0.15) is 21.6 Å². The molecule has 13 heteroatoms. The number of alkyl halides is 3. The van der Waals surface area contributed by atoms with Crippen molar-refractivity contribution in [3.05, 3.63) is 27.7 Å². The molecule has 0 saturated carbocycles. The first-order chi connectivity index (χ1) is 13.1. The zero-order valence-corrected chi connectivity index (χ0v) is 16.6. The van der Waals surface area contributed by atoms with Crippen LogP contribution in [-0.2, 0) is 30.8 Å². The molecule has 1 aromatic rings. The van der Waals surface area contributed by atoms with Crippen LogP contribution < -0.4 is 9.74 Å². The largest absolute Gasteiger partial charge is 0.534 e. The Balaban J connectivity index is 2.63. The monoisotopic (exact) mass is 441 g/mol. The lowest BCUT2D eigenvalue weighted by molar-refractivity contribution is -0.158. The Kier molecular flexibility index (Phi) is 5.76. The van der Waals surface area contributed by atoms with Gasteiger partial charge in [-0.3, -0.25) is 9.36 Å². The molecule has 162 valence electrons. The number of hydrogen-bond acceptors (Lipinski definition) is 8. The van der Waals surface area contributed by atoms with Gasteiger partial charge in [0, 0.05) is 11.8 Å². The van der Waals surface area contributed by atoms with Gasteiger partial charge >= 0.3 is 27.6 Å². The molecule has 0 spiro atoms. The molecule has 9 nitrogen and oxygen atoms in total. The van der Waals surface area contributed by atoms with Crippen molar-refractivity contribution in [3.63, 3.8) is 0 Å². The van der Waals surface area contributed by atoms with Gasteiger partial charge in [0.2, 0.25) is 0 Å². The maximum Gasteiger partial charge on any atom is 0.534 e. The van der Waals surface area contributed by atoms with E-state index in [0.717, 1.165) is 11.7 Å². The van der Waals surface area contributed by atoms with E-state index in [0.29, 0.717) is 6.07 Å². The zero-order valence-electron chi connectivity index (χ0n) is 15.8. The number of aromatic nitrogens is 1. The van der Waals surface area contributed by atoms with Crippen LogP contribution in [0.15, 0.2) is 10.9 Å². The van der Waals surface area contributed by atoms with Crippen molar-refractivity contribution in [3.8, 4) is 5.75 Å². The third kappa shape index (κ3) is 4.54. The first-order valence-electron chi connectivity index (χ1n) is 8.19. The molecular weight excluding hydrogens is 423 g/mol. The molecule has 29 heavy (non-hydrogen) atoms. The molecule has 1 aromatic heterocycles. The van der Waals surface area contributed by atoms with Crippen molar-refractivity contribution in [1.29, 1.82) is 0 Å². The van der Waals surface area contributed by atoms with E-state index in [9.17, 15) is 36.0 Å². The van der Waals surface area contributed by atoms with E-state index in [1.807, 2.05) is 0 Å². The molecule has 1 aliphatic heterocycles. The Hall–Kier alpha value is -2.57. The summed E-state index contributed by atoms with van der Waals surface area (Å²) in [5.74, 6) is -3.15. The number of esters is 2. The first-order valence-corrected chi connectivity index (χ1v) is 9.60. The maximum absolute atomic E-state index is 12.7. The number of methoxy groups -OCH3 is 1. The van der Waals surface area contributed by atoms with Crippen LogP contribution in [0.5, 0.6) is 5.75 Å². The van der Waals surface area contributed by atoms with E-state index in [2.05, 4.69) is 8.92 Å². The predicted octanol–water partition coefficient (Wildman–Crippen LogP) is 1.69. The highest BCUT2D eigenvalue weighted by Crippen LogP contribution is 2.35. The van der Waals surface area contributed by atoms with Crippen molar-refractivity contribution in [1.82, 2.24) is 4.57 Å². The minimum Gasteiger partial charge on any atom is -0.465 e. The molecule has 0 fully saturated rings. The molecule has 0 aliphatic carbocycles. The fourth-order valence-corrected chi connectivity index (χ4v) is 3.25. The molecule has 1 atom stereocenters. The van der Waals surface area contributed by atoms with Crippen molar-refractivity contribution in [2.24, 2.45) is 0 Å². The standard InChI is InChI=1S/C16H18F3NO8S/c1-15(2,3)27-13(22)9-6-5-8-12(14(23)26-4)10(7-11(21)20(8)9)28-29(24,25)16(17,18)19/h7,9H,5-6H2,1-4H3. The second-order valence-electron chi connectivity index (χ2n) is 7.10. The van der Waals surface area contributed by atoms with E-state index >= 15 is 0 Å². The van der Waals surface area contributed by atoms with Crippen LogP contribution >= 0.6 is 0 Å². The third-order valence-electron chi connectivity index (χ3n) is 3.84. The van der Waals surface area contributed by atoms with Gasteiger partial charge in [-0.1, -0.05) is 0 Å². The van der Waals surface area contributed by atoms with Crippen LogP contribution in [0.1, 0.15) is 49.3 Å². The summed E-state index contributed by atoms with van der Waals surface area (Å²) in [4.78, 5) is 37.0. The second kappa shape index (κ2) is 7.35. The van der Waals surface area contributed by atoms with Crippen molar-refractivity contribution in [2.75, 3.05) is 7.11 Å². The van der Waals surface area contributed by atoms with Gasteiger partial charge in [0.05, 0.1) is 7.11 Å². The minimum atomic E-state index is -6.15. The predicted molar refractivity (Wildman–Crippen MR) is 90.8 cm³/mol. The van der Waals surface area contributed by atoms with Gasteiger partial charge in [-0.15, -0.1) is 0 Å². The molecule has 0 bridgehead atoms. The van der Waals surface area contributed by atoms with Crippen LogP contribution in [0.25, 0.3) is 0 Å². The topological polar surface area (TPSA) is 118 Å². The molecule has 0 N–H and O–H groups in total. The highest BCUT2D eigenvalue weighted by molar-refractivity contribution is 7.88. The fraction of sp³-hybridized carbons (Fsp3) is 0.562. The molecule has 1 unspecified atom stereocenters. The van der Waals surface area contributed by atoms with Crippen molar-refractivity contribution < 1.29 is 44.8 Å². The zero-order chi connectivity index (χ0) is 22.4. The number of carbonyl (C=O) groups excluding carboxylic acids is 2. The molecule has 1 aliphatic rings. The number of rotatable bonds is 4. The smallest absolute Gasteiger partial charge is 0.465 e. The average molecular weight is 441 g/mol. The van der Waals surface area contributed by atoms with Crippen molar-refractivity contribution >= 4 is 22.1 Å². The molecule has 0 amide bonds. The van der Waals surface area contributed by atoms with Gasteiger partial charge in [0.25, 0.3) is 5.56 Å². The van der Waals surface area contributed by atoms with E-state index < -0.39 is 56.1 Å². The van der Waals surface area contributed by atoms with Crippen LogP contribution in [-0.4, -0.2) is 43.1 Å². The number of hydrogen-bond donors (Lipinski definition) is 0. The number of fused-ring (bicyclic) bond motifs is 1. The van der Waals surface area contributed by atoms with Crippen LogP contribution in [0.3, 0.4) is 0 Å². The van der Waals surface area contributed by atoms with E-state index in [1.54, 1.807) is 20.8 Å². The number of nitrogens with zero attached hydrogens (tertiary/aromatic N) is 1. The van der Waals surface area contributed by atoms with Crippen LogP contribution in [0, 0.1) is 0 Å². The summed E-state index contributed by atoms with van der Waals surface area (Å²) in [5.41, 5.74) is -8.57. The maximum atomic E-state index is 12.7. The number of carbonyl (C=O) groups is 2. The summed E-state index contributed by atoms with van der Waals surface area (Å²) >= 11 is 0. The Morgan fingerprint density at radius 3 is 2.28 bits per heavy atom. The SMILES string of the molecule is COC(=O)c1c(OS(=O)(=O)C(F)(F)F)cc(=O)n2c1CCC2C(=O)OC(C)(C)C. The molecule has 0 saturated heterocycles.